The van der Waals surface area contributed by atoms with E-state index >= 15 is 0 Å². The van der Waals surface area contributed by atoms with E-state index in [1.54, 1.807) is 21.1 Å². The van der Waals surface area contributed by atoms with Crippen LogP contribution in [0, 0.1) is 0 Å². The average Bonchev–Trinajstić information content (AvgIpc) is 2.28. The third-order valence-corrected chi connectivity index (χ3v) is 3.03. The maximum Gasteiger partial charge on any atom is 0.243 e. The molecule has 1 fully saturated rings. The molecule has 0 unspecified atom stereocenters. The van der Waals surface area contributed by atoms with Crippen molar-refractivity contribution in [2.75, 3.05) is 40.9 Å². The van der Waals surface area contributed by atoms with E-state index < -0.39 is 5.54 Å². The molecule has 1 aliphatic heterocycles. The van der Waals surface area contributed by atoms with Gasteiger partial charge in [-0.2, -0.15) is 0 Å². The largest absolute Gasteiger partial charge is 0.381 e. The molecule has 0 aromatic heterocycles. The first-order valence-corrected chi connectivity index (χ1v) is 5.69. The molecule has 0 aliphatic carbocycles. The SMILES string of the molecule is CN(C)C(=O)CN(C)C(=O)C1(N)CCOCC1. The van der Waals surface area contributed by atoms with Gasteiger partial charge in [0, 0.05) is 34.4 Å². The molecule has 1 rings (SSSR count). The number of carbonyl (C=O) groups is 2. The van der Waals surface area contributed by atoms with Crippen LogP contribution in [0.4, 0.5) is 0 Å². The third-order valence-electron chi connectivity index (χ3n) is 3.03. The first-order valence-electron chi connectivity index (χ1n) is 5.69. The van der Waals surface area contributed by atoms with Crippen molar-refractivity contribution in [1.82, 2.24) is 9.80 Å². The van der Waals surface area contributed by atoms with Gasteiger partial charge >= 0.3 is 0 Å². The number of hydrogen-bond acceptors (Lipinski definition) is 4. The molecule has 0 aromatic rings. The zero-order valence-electron chi connectivity index (χ0n) is 10.7. The Morgan fingerprint density at radius 1 is 1.24 bits per heavy atom. The minimum atomic E-state index is -0.875. The topological polar surface area (TPSA) is 75.9 Å². The van der Waals surface area contributed by atoms with E-state index in [0.29, 0.717) is 26.1 Å². The summed E-state index contributed by atoms with van der Waals surface area (Å²) in [5.41, 5.74) is 5.18. The van der Waals surface area contributed by atoms with Crippen molar-refractivity contribution in [3.63, 3.8) is 0 Å². The molecule has 0 aromatic carbocycles. The second-order valence-electron chi connectivity index (χ2n) is 4.72. The molecule has 2 N–H and O–H groups in total. The van der Waals surface area contributed by atoms with Gasteiger partial charge in [0.1, 0.15) is 0 Å². The molecule has 2 amide bonds. The smallest absolute Gasteiger partial charge is 0.243 e. The van der Waals surface area contributed by atoms with Gasteiger partial charge in [-0.05, 0) is 12.8 Å². The number of hydrogen-bond donors (Lipinski definition) is 1. The monoisotopic (exact) mass is 243 g/mol. The Kier molecular flexibility index (Phi) is 4.47. The van der Waals surface area contributed by atoms with E-state index in [1.807, 2.05) is 0 Å². The second kappa shape index (κ2) is 5.46. The van der Waals surface area contributed by atoms with E-state index in [2.05, 4.69) is 0 Å². The minimum Gasteiger partial charge on any atom is -0.381 e. The van der Waals surface area contributed by atoms with Gasteiger partial charge in [-0.1, -0.05) is 0 Å². The van der Waals surface area contributed by atoms with E-state index in [4.69, 9.17) is 10.5 Å². The fraction of sp³-hybridized carbons (Fsp3) is 0.818. The molecule has 1 saturated heterocycles. The Hall–Kier alpha value is -1.14. The summed E-state index contributed by atoms with van der Waals surface area (Å²) in [6, 6.07) is 0. The zero-order valence-corrected chi connectivity index (χ0v) is 10.7. The Morgan fingerprint density at radius 2 is 1.76 bits per heavy atom. The van der Waals surface area contributed by atoms with E-state index in [-0.39, 0.29) is 18.4 Å². The van der Waals surface area contributed by atoms with Gasteiger partial charge in [-0.3, -0.25) is 9.59 Å². The Labute approximate surface area is 102 Å². The van der Waals surface area contributed by atoms with Crippen LogP contribution >= 0.6 is 0 Å². The van der Waals surface area contributed by atoms with Crippen LogP contribution in [0.3, 0.4) is 0 Å². The van der Waals surface area contributed by atoms with Crippen molar-refractivity contribution in [3.05, 3.63) is 0 Å². The average molecular weight is 243 g/mol. The zero-order chi connectivity index (χ0) is 13.1. The summed E-state index contributed by atoms with van der Waals surface area (Å²) in [5.74, 6) is -0.299. The molecule has 6 heteroatoms. The Morgan fingerprint density at radius 3 is 2.24 bits per heavy atom. The molecule has 6 nitrogen and oxygen atoms in total. The van der Waals surface area contributed by atoms with Crippen LogP contribution < -0.4 is 5.73 Å². The van der Waals surface area contributed by atoms with E-state index in [1.165, 1.54) is 9.80 Å². The molecule has 1 heterocycles. The predicted octanol–water partition coefficient (Wildman–Crippen LogP) is -0.959. The maximum atomic E-state index is 12.2. The summed E-state index contributed by atoms with van der Waals surface area (Å²) in [5, 5.41) is 0. The Bertz CT molecular complexity index is 298. The molecule has 0 saturated carbocycles. The number of rotatable bonds is 3. The molecule has 1 aliphatic rings. The standard InChI is InChI=1S/C11H21N3O3/c1-13(2)9(15)8-14(3)10(16)11(12)4-6-17-7-5-11/h4-8,12H2,1-3H3. The van der Waals surface area contributed by atoms with Crippen molar-refractivity contribution >= 4 is 11.8 Å². The predicted molar refractivity (Wildman–Crippen MR) is 63.3 cm³/mol. The lowest BCUT2D eigenvalue weighted by Crippen LogP contribution is -2.58. The van der Waals surface area contributed by atoms with Crippen LogP contribution in [-0.2, 0) is 14.3 Å². The van der Waals surface area contributed by atoms with Gasteiger partial charge < -0.3 is 20.3 Å². The highest BCUT2D eigenvalue weighted by molar-refractivity contribution is 5.90. The summed E-state index contributed by atoms with van der Waals surface area (Å²) in [6.07, 6.45) is 1.01. The van der Waals surface area contributed by atoms with E-state index in [0.717, 1.165) is 0 Å². The number of amides is 2. The van der Waals surface area contributed by atoms with Gasteiger partial charge in [0.25, 0.3) is 0 Å². The number of carbonyl (C=O) groups excluding carboxylic acids is 2. The lowest BCUT2D eigenvalue weighted by atomic mass is 9.90. The Balaban J connectivity index is 2.59. The fourth-order valence-electron chi connectivity index (χ4n) is 1.75. The highest BCUT2D eigenvalue weighted by Gasteiger charge is 2.38. The summed E-state index contributed by atoms with van der Waals surface area (Å²) in [7, 11) is 4.93. The molecule has 0 radical (unpaired) electrons. The number of likely N-dealkylation sites (N-methyl/N-ethyl adjacent to an activating group) is 2. The van der Waals surface area contributed by atoms with Crippen molar-refractivity contribution in [2.45, 2.75) is 18.4 Å². The van der Waals surface area contributed by atoms with Crippen LogP contribution in [0.5, 0.6) is 0 Å². The normalized spacial score (nSPS) is 18.6. The molecule has 0 bridgehead atoms. The van der Waals surface area contributed by atoms with Gasteiger partial charge in [0.2, 0.25) is 11.8 Å². The van der Waals surface area contributed by atoms with Gasteiger partial charge in [0.05, 0.1) is 12.1 Å². The van der Waals surface area contributed by atoms with Gasteiger partial charge in [0.15, 0.2) is 0 Å². The first kappa shape index (κ1) is 13.9. The molecular weight excluding hydrogens is 222 g/mol. The third kappa shape index (κ3) is 3.41. The molecule has 17 heavy (non-hydrogen) atoms. The number of nitrogens with zero attached hydrogens (tertiary/aromatic N) is 2. The van der Waals surface area contributed by atoms with Crippen LogP contribution in [-0.4, -0.2) is 68.1 Å². The highest BCUT2D eigenvalue weighted by Crippen LogP contribution is 2.19. The quantitative estimate of drug-likeness (QED) is 0.693. The van der Waals surface area contributed by atoms with Crippen molar-refractivity contribution in [1.29, 1.82) is 0 Å². The highest BCUT2D eigenvalue weighted by atomic mass is 16.5. The fourth-order valence-corrected chi connectivity index (χ4v) is 1.75. The minimum absolute atomic E-state index is 0.0612. The first-order chi connectivity index (χ1) is 7.87. The van der Waals surface area contributed by atoms with Crippen LogP contribution in [0.2, 0.25) is 0 Å². The summed E-state index contributed by atoms with van der Waals surface area (Å²) >= 11 is 0. The van der Waals surface area contributed by atoms with E-state index in [9.17, 15) is 9.59 Å². The van der Waals surface area contributed by atoms with Crippen LogP contribution in [0.25, 0.3) is 0 Å². The number of nitrogens with two attached hydrogens (primary N) is 1. The van der Waals surface area contributed by atoms with Gasteiger partial charge in [-0.25, -0.2) is 0 Å². The molecule has 0 spiro atoms. The maximum absolute atomic E-state index is 12.2. The summed E-state index contributed by atoms with van der Waals surface area (Å²) in [6.45, 7) is 1.06. The molecule has 0 atom stereocenters. The van der Waals surface area contributed by atoms with Crippen LogP contribution in [0.15, 0.2) is 0 Å². The molecular formula is C11H21N3O3. The van der Waals surface area contributed by atoms with Crippen molar-refractivity contribution in [2.24, 2.45) is 5.73 Å². The van der Waals surface area contributed by atoms with Gasteiger partial charge in [-0.15, -0.1) is 0 Å². The molecule has 98 valence electrons. The van der Waals surface area contributed by atoms with Crippen LogP contribution in [0.1, 0.15) is 12.8 Å². The number of ether oxygens (including phenoxy) is 1. The lowest BCUT2D eigenvalue weighted by Gasteiger charge is -2.35. The lowest BCUT2D eigenvalue weighted by molar-refractivity contribution is -0.144. The van der Waals surface area contributed by atoms with Crippen molar-refractivity contribution < 1.29 is 14.3 Å². The van der Waals surface area contributed by atoms with Crippen molar-refractivity contribution in [3.8, 4) is 0 Å². The second-order valence-corrected chi connectivity index (χ2v) is 4.72. The summed E-state index contributed by atoms with van der Waals surface area (Å²) in [4.78, 5) is 26.5. The summed E-state index contributed by atoms with van der Waals surface area (Å²) < 4.78 is 5.19.